The molecular formula is C24H44. The smallest absolute Gasteiger partial charge is 0.0201 e. The maximum absolute atomic E-state index is 4.05. The van der Waals surface area contributed by atoms with Gasteiger partial charge in [0.15, 0.2) is 0 Å². The molecule has 0 N–H and O–H groups in total. The van der Waals surface area contributed by atoms with E-state index in [1.54, 1.807) is 0 Å². The quantitative estimate of drug-likeness (QED) is 0.318. The van der Waals surface area contributed by atoms with Crippen molar-refractivity contribution in [3.05, 3.63) is 24.8 Å². The third kappa shape index (κ3) is 5.24. The first kappa shape index (κ1) is 21.5. The van der Waals surface area contributed by atoms with Gasteiger partial charge in [0.2, 0.25) is 0 Å². The molecule has 0 aromatic carbocycles. The Bertz CT molecular complexity index is 391. The van der Waals surface area contributed by atoms with Crippen LogP contribution in [0, 0.1) is 40.9 Å². The summed E-state index contributed by atoms with van der Waals surface area (Å²) in [6.07, 6.45) is 14.5. The van der Waals surface area contributed by atoms with E-state index in [-0.39, 0.29) is 0 Å². The summed E-state index contributed by atoms with van der Waals surface area (Å²) < 4.78 is 0. The van der Waals surface area contributed by atoms with Gasteiger partial charge < -0.3 is 0 Å². The molecule has 0 aromatic rings. The zero-order chi connectivity index (χ0) is 18.3. The van der Waals surface area contributed by atoms with Gasteiger partial charge >= 0.3 is 0 Å². The summed E-state index contributed by atoms with van der Waals surface area (Å²) in [5.74, 6) is 5.10. The number of allylic oxidation sites excluding steroid dienone is 3. The van der Waals surface area contributed by atoms with Crippen LogP contribution in [-0.2, 0) is 0 Å². The third-order valence-electron chi connectivity index (χ3n) is 7.10. The lowest BCUT2D eigenvalue weighted by molar-refractivity contribution is 0.274. The van der Waals surface area contributed by atoms with Crippen LogP contribution in [0.5, 0.6) is 0 Å². The molecule has 6 atom stereocenters. The molecule has 0 radical (unpaired) electrons. The van der Waals surface area contributed by atoms with Gasteiger partial charge in [0.25, 0.3) is 0 Å². The van der Waals surface area contributed by atoms with E-state index in [0.29, 0.717) is 11.3 Å². The molecule has 6 unspecified atom stereocenters. The highest BCUT2D eigenvalue weighted by atomic mass is 14.7. The van der Waals surface area contributed by atoms with Crippen LogP contribution in [0.1, 0.15) is 87.0 Å². The molecule has 24 heavy (non-hydrogen) atoms. The first-order valence-corrected chi connectivity index (χ1v) is 10.6. The summed E-state index contributed by atoms with van der Waals surface area (Å²) in [5.41, 5.74) is 0.596. The molecule has 1 saturated carbocycles. The van der Waals surface area contributed by atoms with E-state index < -0.39 is 0 Å². The zero-order valence-corrected chi connectivity index (χ0v) is 17.6. The molecule has 0 heterocycles. The minimum absolute atomic E-state index is 0.596. The third-order valence-corrected chi connectivity index (χ3v) is 7.10. The topological polar surface area (TPSA) is 0 Å². The Labute approximate surface area is 153 Å². The van der Waals surface area contributed by atoms with E-state index in [4.69, 9.17) is 0 Å². The molecule has 0 nitrogen and oxygen atoms in total. The predicted octanol–water partition coefficient (Wildman–Crippen LogP) is 7.91. The summed E-state index contributed by atoms with van der Waals surface area (Å²) in [6, 6.07) is 0. The molecule has 0 amide bonds. The van der Waals surface area contributed by atoms with Crippen molar-refractivity contribution in [2.75, 3.05) is 0 Å². The van der Waals surface area contributed by atoms with E-state index in [1.807, 2.05) is 0 Å². The lowest BCUT2D eigenvalue weighted by Gasteiger charge is -2.22. The van der Waals surface area contributed by atoms with Gasteiger partial charge in [-0.3, -0.25) is 0 Å². The lowest BCUT2D eigenvalue weighted by atomic mass is 9.83. The largest absolute Gasteiger partial charge is 0.103 e. The molecule has 1 aliphatic carbocycles. The SMILES string of the molecule is C=CC(CC=CCC)CCC(C)CC1C(C(C)C)C1(C)C(C)CC. The molecule has 140 valence electrons. The predicted molar refractivity (Wildman–Crippen MR) is 110 cm³/mol. The molecule has 0 saturated heterocycles. The Hall–Kier alpha value is -0.520. The van der Waals surface area contributed by atoms with Crippen LogP contribution in [0.4, 0.5) is 0 Å². The van der Waals surface area contributed by atoms with Gasteiger partial charge in [-0.15, -0.1) is 6.58 Å². The van der Waals surface area contributed by atoms with E-state index in [9.17, 15) is 0 Å². The molecule has 0 spiro atoms. The van der Waals surface area contributed by atoms with Crippen molar-refractivity contribution in [3.8, 4) is 0 Å². The van der Waals surface area contributed by atoms with Crippen molar-refractivity contribution in [1.29, 1.82) is 0 Å². The monoisotopic (exact) mass is 332 g/mol. The van der Waals surface area contributed by atoms with Crippen LogP contribution >= 0.6 is 0 Å². The molecule has 0 heteroatoms. The Morgan fingerprint density at radius 3 is 2.21 bits per heavy atom. The average molecular weight is 333 g/mol. The lowest BCUT2D eigenvalue weighted by Crippen LogP contribution is -2.14. The van der Waals surface area contributed by atoms with Crippen molar-refractivity contribution in [2.45, 2.75) is 87.0 Å². The second-order valence-electron chi connectivity index (χ2n) is 9.08. The van der Waals surface area contributed by atoms with E-state index in [0.717, 1.165) is 36.0 Å². The highest BCUT2D eigenvalue weighted by Crippen LogP contribution is 2.68. The zero-order valence-electron chi connectivity index (χ0n) is 17.6. The van der Waals surface area contributed by atoms with Crippen LogP contribution in [0.15, 0.2) is 24.8 Å². The van der Waals surface area contributed by atoms with Crippen LogP contribution in [0.25, 0.3) is 0 Å². The molecule has 1 aliphatic rings. The van der Waals surface area contributed by atoms with E-state index in [2.05, 4.69) is 73.3 Å². The van der Waals surface area contributed by atoms with Gasteiger partial charge in [-0.05, 0) is 66.6 Å². The van der Waals surface area contributed by atoms with Crippen molar-refractivity contribution in [1.82, 2.24) is 0 Å². The van der Waals surface area contributed by atoms with Crippen molar-refractivity contribution in [3.63, 3.8) is 0 Å². The number of hydrogen-bond donors (Lipinski definition) is 0. The Morgan fingerprint density at radius 1 is 1.04 bits per heavy atom. The van der Waals surface area contributed by atoms with Crippen LogP contribution in [0.2, 0.25) is 0 Å². The van der Waals surface area contributed by atoms with Crippen LogP contribution < -0.4 is 0 Å². The van der Waals surface area contributed by atoms with Gasteiger partial charge in [0.05, 0.1) is 0 Å². The Balaban J connectivity index is 2.50. The minimum atomic E-state index is 0.596. The fraction of sp³-hybridized carbons (Fsp3) is 0.833. The standard InChI is InChI=1S/C24H44/c1-9-12-13-14-21(11-3)16-15-19(6)17-22-23(18(4)5)24(22,8)20(7)10-2/h11-13,18-23H,3,9-10,14-17H2,1-2,4-8H3. The molecule has 0 aromatic heterocycles. The number of rotatable bonds is 12. The van der Waals surface area contributed by atoms with Gasteiger partial charge in [-0.1, -0.05) is 79.5 Å². The molecule has 1 fully saturated rings. The highest BCUT2D eigenvalue weighted by molar-refractivity contribution is 5.10. The van der Waals surface area contributed by atoms with Gasteiger partial charge in [-0.2, -0.15) is 0 Å². The maximum atomic E-state index is 4.05. The van der Waals surface area contributed by atoms with Gasteiger partial charge in [-0.25, -0.2) is 0 Å². The van der Waals surface area contributed by atoms with Crippen molar-refractivity contribution >= 4 is 0 Å². The summed E-state index contributed by atoms with van der Waals surface area (Å²) >= 11 is 0. The highest BCUT2D eigenvalue weighted by Gasteiger charge is 2.63. The normalized spacial score (nSPS) is 30.5. The first-order valence-electron chi connectivity index (χ1n) is 10.6. The van der Waals surface area contributed by atoms with Gasteiger partial charge in [0, 0.05) is 0 Å². The second kappa shape index (κ2) is 9.83. The first-order chi connectivity index (χ1) is 11.3. The van der Waals surface area contributed by atoms with Crippen LogP contribution in [-0.4, -0.2) is 0 Å². The van der Waals surface area contributed by atoms with Crippen molar-refractivity contribution in [2.24, 2.45) is 40.9 Å². The fourth-order valence-electron chi connectivity index (χ4n) is 5.20. The summed E-state index contributed by atoms with van der Waals surface area (Å²) in [6.45, 7) is 21.0. The van der Waals surface area contributed by atoms with Gasteiger partial charge in [0.1, 0.15) is 0 Å². The molecule has 0 bridgehead atoms. The molecular weight excluding hydrogens is 288 g/mol. The minimum Gasteiger partial charge on any atom is -0.103 e. The van der Waals surface area contributed by atoms with E-state index >= 15 is 0 Å². The van der Waals surface area contributed by atoms with E-state index in [1.165, 1.54) is 32.1 Å². The summed E-state index contributed by atoms with van der Waals surface area (Å²) in [5, 5.41) is 0. The molecule has 0 aliphatic heterocycles. The second-order valence-corrected chi connectivity index (χ2v) is 9.08. The Kier molecular flexibility index (Phi) is 8.82. The number of hydrogen-bond acceptors (Lipinski definition) is 0. The maximum Gasteiger partial charge on any atom is -0.0201 e. The van der Waals surface area contributed by atoms with Crippen molar-refractivity contribution < 1.29 is 0 Å². The molecule has 1 rings (SSSR count). The average Bonchev–Trinajstić information content (AvgIpc) is 3.15. The fourth-order valence-corrected chi connectivity index (χ4v) is 5.20. The Morgan fingerprint density at radius 2 is 1.71 bits per heavy atom. The summed E-state index contributed by atoms with van der Waals surface area (Å²) in [4.78, 5) is 0. The summed E-state index contributed by atoms with van der Waals surface area (Å²) in [7, 11) is 0. The van der Waals surface area contributed by atoms with Crippen LogP contribution in [0.3, 0.4) is 0 Å².